The third kappa shape index (κ3) is 4.00. The number of hydrogen-bond acceptors (Lipinski definition) is 6. The first-order valence-electron chi connectivity index (χ1n) is 8.37. The molecule has 0 radical (unpaired) electrons. The lowest BCUT2D eigenvalue weighted by Crippen LogP contribution is -2.37. The molecule has 11 heteroatoms. The molecule has 1 saturated heterocycles. The number of hydrogen-bond donors (Lipinski definition) is 0. The minimum atomic E-state index is -3.74. The van der Waals surface area contributed by atoms with Crippen molar-refractivity contribution in [1.29, 1.82) is 0 Å². The number of ether oxygens (including phenoxy) is 1. The third-order valence-electron chi connectivity index (χ3n) is 4.40. The van der Waals surface area contributed by atoms with E-state index < -0.39 is 20.0 Å². The molecular formula is C16H22N4O5S2. The number of benzene rings is 1. The van der Waals surface area contributed by atoms with Crippen LogP contribution in [0.25, 0.3) is 0 Å². The highest BCUT2D eigenvalue weighted by molar-refractivity contribution is 7.89. The molecule has 2 heterocycles. The van der Waals surface area contributed by atoms with E-state index in [1.165, 1.54) is 40.4 Å². The Morgan fingerprint density at radius 2 is 1.52 bits per heavy atom. The van der Waals surface area contributed by atoms with E-state index in [9.17, 15) is 16.8 Å². The van der Waals surface area contributed by atoms with Crippen LogP contribution in [0.2, 0.25) is 0 Å². The van der Waals surface area contributed by atoms with Crippen molar-refractivity contribution in [3.63, 3.8) is 0 Å². The highest BCUT2D eigenvalue weighted by Gasteiger charge is 2.32. The van der Waals surface area contributed by atoms with Gasteiger partial charge in [0.1, 0.15) is 5.75 Å². The van der Waals surface area contributed by atoms with Crippen LogP contribution in [-0.2, 0) is 27.1 Å². The van der Waals surface area contributed by atoms with E-state index >= 15 is 0 Å². The molecular weight excluding hydrogens is 392 g/mol. The molecule has 2 aromatic rings. The van der Waals surface area contributed by atoms with Gasteiger partial charge in [-0.3, -0.25) is 0 Å². The lowest BCUT2D eigenvalue weighted by molar-refractivity contribution is 0.403. The van der Waals surface area contributed by atoms with Crippen molar-refractivity contribution >= 4 is 20.0 Å². The van der Waals surface area contributed by atoms with Gasteiger partial charge in [0.05, 0.1) is 18.3 Å². The Morgan fingerprint density at radius 1 is 0.926 bits per heavy atom. The summed E-state index contributed by atoms with van der Waals surface area (Å²) in [6, 6.07) is 6.15. The van der Waals surface area contributed by atoms with Gasteiger partial charge in [-0.25, -0.2) is 21.8 Å². The van der Waals surface area contributed by atoms with E-state index in [4.69, 9.17) is 4.74 Å². The minimum absolute atomic E-state index is 0.0311. The summed E-state index contributed by atoms with van der Waals surface area (Å²) in [5.74, 6) is 0.567. The molecule has 0 N–H and O–H groups in total. The molecule has 9 nitrogen and oxygen atoms in total. The Kier molecular flexibility index (Phi) is 5.56. The number of sulfonamides is 2. The predicted octanol–water partition coefficient (Wildman–Crippen LogP) is 0.514. The maximum atomic E-state index is 12.9. The van der Waals surface area contributed by atoms with Crippen molar-refractivity contribution in [2.24, 2.45) is 7.05 Å². The summed E-state index contributed by atoms with van der Waals surface area (Å²) in [6.07, 6.45) is 3.26. The Morgan fingerprint density at radius 3 is 2.04 bits per heavy atom. The van der Waals surface area contributed by atoms with Gasteiger partial charge in [-0.05, 0) is 30.7 Å². The van der Waals surface area contributed by atoms with Gasteiger partial charge in [0.25, 0.3) is 10.0 Å². The van der Waals surface area contributed by atoms with Gasteiger partial charge in [-0.1, -0.05) is 0 Å². The summed E-state index contributed by atoms with van der Waals surface area (Å²) in [6.45, 7) is 0.658. The van der Waals surface area contributed by atoms with Crippen LogP contribution in [0.1, 0.15) is 6.42 Å². The van der Waals surface area contributed by atoms with Crippen LogP contribution in [0.5, 0.6) is 5.75 Å². The summed E-state index contributed by atoms with van der Waals surface area (Å²) in [5.41, 5.74) is 0. The smallest absolute Gasteiger partial charge is 0.262 e. The van der Waals surface area contributed by atoms with E-state index in [-0.39, 0.29) is 36.1 Å². The van der Waals surface area contributed by atoms with E-state index in [0.29, 0.717) is 12.2 Å². The number of methoxy groups -OCH3 is 1. The van der Waals surface area contributed by atoms with Crippen LogP contribution in [0, 0.1) is 0 Å². The second kappa shape index (κ2) is 7.58. The van der Waals surface area contributed by atoms with Gasteiger partial charge in [0, 0.05) is 39.4 Å². The molecule has 0 bridgehead atoms. The van der Waals surface area contributed by atoms with Crippen LogP contribution >= 0.6 is 0 Å². The van der Waals surface area contributed by atoms with Crippen LogP contribution in [-0.4, -0.2) is 68.3 Å². The average molecular weight is 415 g/mol. The van der Waals surface area contributed by atoms with Gasteiger partial charge < -0.3 is 9.30 Å². The van der Waals surface area contributed by atoms with Crippen LogP contribution in [0.4, 0.5) is 0 Å². The zero-order chi connectivity index (χ0) is 19.7. The Balaban J connectivity index is 1.77. The number of imidazole rings is 1. The van der Waals surface area contributed by atoms with Crippen molar-refractivity contribution in [2.45, 2.75) is 16.3 Å². The molecule has 0 atom stereocenters. The molecule has 0 aliphatic carbocycles. The molecule has 148 valence electrons. The lowest BCUT2D eigenvalue weighted by Gasteiger charge is -2.21. The van der Waals surface area contributed by atoms with Crippen LogP contribution in [0.3, 0.4) is 0 Å². The molecule has 1 aromatic heterocycles. The van der Waals surface area contributed by atoms with E-state index in [1.807, 2.05) is 0 Å². The molecule has 0 spiro atoms. The lowest BCUT2D eigenvalue weighted by atomic mass is 10.3. The molecule has 0 amide bonds. The van der Waals surface area contributed by atoms with Crippen LogP contribution in [0.15, 0.2) is 46.7 Å². The predicted molar refractivity (Wildman–Crippen MR) is 98.3 cm³/mol. The topological polar surface area (TPSA) is 102 Å². The summed E-state index contributed by atoms with van der Waals surface area (Å²) in [7, 11) is -4.25. The van der Waals surface area contributed by atoms with E-state index in [0.717, 1.165) is 0 Å². The number of nitrogens with zero attached hydrogens (tertiary/aromatic N) is 4. The molecule has 1 aliphatic heterocycles. The fourth-order valence-electron chi connectivity index (χ4n) is 2.90. The van der Waals surface area contributed by atoms with Crippen molar-refractivity contribution in [2.75, 3.05) is 33.3 Å². The average Bonchev–Trinajstić information content (AvgIpc) is 2.93. The number of aryl methyl sites for hydroxylation is 1. The fraction of sp³-hybridized carbons (Fsp3) is 0.438. The molecule has 0 saturated carbocycles. The van der Waals surface area contributed by atoms with Gasteiger partial charge in [0.2, 0.25) is 10.0 Å². The van der Waals surface area contributed by atoms with Crippen molar-refractivity contribution in [1.82, 2.24) is 18.2 Å². The maximum absolute atomic E-state index is 12.9. The highest BCUT2D eigenvalue weighted by Crippen LogP contribution is 2.22. The van der Waals surface area contributed by atoms with Crippen molar-refractivity contribution in [3.05, 3.63) is 36.8 Å². The maximum Gasteiger partial charge on any atom is 0.262 e. The quantitative estimate of drug-likeness (QED) is 0.707. The van der Waals surface area contributed by atoms with E-state index in [2.05, 4.69) is 4.98 Å². The van der Waals surface area contributed by atoms with Gasteiger partial charge >= 0.3 is 0 Å². The summed E-state index contributed by atoms with van der Waals surface area (Å²) in [4.78, 5) is 4.07. The van der Waals surface area contributed by atoms with Crippen molar-refractivity contribution < 1.29 is 21.6 Å². The Hall–Kier alpha value is -1.95. The monoisotopic (exact) mass is 414 g/mol. The first-order chi connectivity index (χ1) is 12.7. The normalized spacial score (nSPS) is 17.6. The third-order valence-corrected chi connectivity index (χ3v) is 8.09. The Bertz CT molecular complexity index is 1000. The van der Waals surface area contributed by atoms with Gasteiger partial charge in [-0.15, -0.1) is 0 Å². The van der Waals surface area contributed by atoms with Gasteiger partial charge in [0.15, 0.2) is 5.03 Å². The first kappa shape index (κ1) is 19.8. The zero-order valence-corrected chi connectivity index (χ0v) is 16.8. The molecule has 1 fully saturated rings. The Labute approximate surface area is 159 Å². The van der Waals surface area contributed by atoms with Gasteiger partial charge in [-0.2, -0.15) is 8.61 Å². The molecule has 0 unspecified atom stereocenters. The molecule has 3 rings (SSSR count). The second-order valence-corrected chi connectivity index (χ2v) is 10.0. The summed E-state index contributed by atoms with van der Waals surface area (Å²) in [5, 5.41) is -0.0311. The minimum Gasteiger partial charge on any atom is -0.497 e. The zero-order valence-electron chi connectivity index (χ0n) is 15.1. The summed E-state index contributed by atoms with van der Waals surface area (Å²) < 4.78 is 60.4. The first-order valence-corrected chi connectivity index (χ1v) is 11.3. The number of aromatic nitrogens is 2. The summed E-state index contributed by atoms with van der Waals surface area (Å²) >= 11 is 0. The number of rotatable bonds is 5. The van der Waals surface area contributed by atoms with Crippen molar-refractivity contribution in [3.8, 4) is 5.75 Å². The second-order valence-electron chi connectivity index (χ2n) is 6.21. The van der Waals surface area contributed by atoms with E-state index in [1.54, 1.807) is 23.7 Å². The fourth-order valence-corrected chi connectivity index (χ4v) is 5.81. The molecule has 27 heavy (non-hydrogen) atoms. The largest absolute Gasteiger partial charge is 0.497 e. The standard InChI is InChI=1S/C16H22N4O5S2/c1-18-12-16(17-13-18)27(23,24)20-9-3-8-19(10-11-20)26(21,22)15-6-4-14(25-2)5-7-15/h4-7,12-13H,3,8-11H2,1-2H3. The SMILES string of the molecule is COc1ccc(S(=O)(=O)N2CCCN(S(=O)(=O)c3cn(C)cn3)CC2)cc1. The van der Waals surface area contributed by atoms with Crippen LogP contribution < -0.4 is 4.74 Å². The molecule has 1 aromatic carbocycles. The molecule has 1 aliphatic rings. The highest BCUT2D eigenvalue weighted by atomic mass is 32.2.